The second-order valence-electron chi connectivity index (χ2n) is 17.2. The normalized spacial score (nSPS) is 16.5. The number of nitrogens with two attached hydrogens (primary N) is 1. The van der Waals surface area contributed by atoms with Crippen LogP contribution in [-0.2, 0) is 46.3 Å². The molecule has 2 amide bonds. The van der Waals surface area contributed by atoms with Crippen molar-refractivity contribution in [3.63, 3.8) is 0 Å². The summed E-state index contributed by atoms with van der Waals surface area (Å²) in [6.07, 6.45) is 3.00. The number of benzene rings is 4. The van der Waals surface area contributed by atoms with Crippen molar-refractivity contribution in [2.45, 2.75) is 103 Å². The number of anilines is 4. The van der Waals surface area contributed by atoms with E-state index < -0.39 is 22.8 Å². The van der Waals surface area contributed by atoms with Crippen molar-refractivity contribution >= 4 is 85.4 Å². The Balaban J connectivity index is 0.000000352. The highest BCUT2D eigenvalue weighted by Gasteiger charge is 2.46. The first-order valence-electron chi connectivity index (χ1n) is 20.3. The van der Waals surface area contributed by atoms with E-state index in [9.17, 15) is 14.4 Å². The minimum absolute atomic E-state index is 0.250. The highest BCUT2D eigenvalue weighted by atomic mass is 79.9. The summed E-state index contributed by atoms with van der Waals surface area (Å²) < 4.78 is 24.0. The molecule has 2 aliphatic heterocycles. The van der Waals surface area contributed by atoms with Gasteiger partial charge in [-0.15, -0.1) is 0 Å². The van der Waals surface area contributed by atoms with Crippen LogP contribution in [0.3, 0.4) is 0 Å². The predicted octanol–water partition coefficient (Wildman–Crippen LogP) is 10.2. The SMILES string of the molecule is COc1ccc2c(c1)N(C(=O)OC(C)(C)C)C(C)(CC=O)C2.COc1ccc2c(c1)N(C(=O)OC(C)(C)C)C(C)(CCNc1ccc(Br)cc1)C2.Nc1ccc(Br)cc1.O=C=O.O=C=O. The molecular formula is C48H58Br2N4O11. The van der Waals surface area contributed by atoms with Gasteiger partial charge in [0, 0.05) is 45.4 Å². The van der Waals surface area contributed by atoms with Gasteiger partial charge in [-0.2, -0.15) is 19.2 Å². The van der Waals surface area contributed by atoms with Crippen LogP contribution in [0.25, 0.3) is 0 Å². The van der Waals surface area contributed by atoms with Gasteiger partial charge in [0.25, 0.3) is 0 Å². The Morgan fingerprint density at radius 2 is 1.08 bits per heavy atom. The molecule has 0 spiro atoms. The number of aldehydes is 1. The van der Waals surface area contributed by atoms with Gasteiger partial charge in [0.1, 0.15) is 29.0 Å². The summed E-state index contributed by atoms with van der Waals surface area (Å²) >= 11 is 6.75. The van der Waals surface area contributed by atoms with E-state index in [0.29, 0.717) is 12.2 Å². The van der Waals surface area contributed by atoms with E-state index in [2.05, 4.69) is 44.1 Å². The molecule has 65 heavy (non-hydrogen) atoms. The minimum atomic E-state index is -0.612. The van der Waals surface area contributed by atoms with Crippen LogP contribution in [0.15, 0.2) is 93.9 Å². The number of methoxy groups -OCH3 is 2. The maximum absolute atomic E-state index is 13.1. The number of ether oxygens (including phenoxy) is 4. The fraction of sp³-hybridized carbons (Fsp3) is 0.396. The zero-order valence-electron chi connectivity index (χ0n) is 38.4. The van der Waals surface area contributed by atoms with Crippen LogP contribution in [0.5, 0.6) is 11.5 Å². The highest BCUT2D eigenvalue weighted by molar-refractivity contribution is 9.10. The van der Waals surface area contributed by atoms with Gasteiger partial charge >= 0.3 is 24.5 Å². The summed E-state index contributed by atoms with van der Waals surface area (Å²) in [5.74, 6) is 1.40. The fourth-order valence-corrected chi connectivity index (χ4v) is 7.45. The lowest BCUT2D eigenvalue weighted by atomic mass is 9.92. The number of nitrogens with one attached hydrogen (secondary N) is 1. The predicted molar refractivity (Wildman–Crippen MR) is 254 cm³/mol. The molecule has 0 aromatic heterocycles. The monoisotopic (exact) mass is 1020 g/mol. The zero-order valence-corrected chi connectivity index (χ0v) is 41.6. The minimum Gasteiger partial charge on any atom is -0.497 e. The van der Waals surface area contributed by atoms with E-state index in [1.165, 1.54) is 0 Å². The Labute approximate surface area is 397 Å². The molecule has 0 aliphatic carbocycles. The second-order valence-corrected chi connectivity index (χ2v) is 19.1. The summed E-state index contributed by atoms with van der Waals surface area (Å²) in [6, 6.07) is 27.1. The van der Waals surface area contributed by atoms with Crippen molar-refractivity contribution in [2.75, 3.05) is 41.6 Å². The molecular weight excluding hydrogens is 968 g/mol. The van der Waals surface area contributed by atoms with E-state index in [-0.39, 0.29) is 30.4 Å². The molecule has 4 aromatic carbocycles. The Morgan fingerprint density at radius 1 is 0.692 bits per heavy atom. The molecule has 0 saturated heterocycles. The Morgan fingerprint density at radius 3 is 1.45 bits per heavy atom. The van der Waals surface area contributed by atoms with Crippen molar-refractivity contribution in [1.82, 2.24) is 0 Å². The number of carbonyl (C=O) groups is 3. The van der Waals surface area contributed by atoms with Crippen molar-refractivity contribution in [3.8, 4) is 11.5 Å². The maximum Gasteiger partial charge on any atom is 0.415 e. The number of carbonyl (C=O) groups excluding carboxylic acids is 7. The van der Waals surface area contributed by atoms with E-state index in [0.717, 1.165) is 74.2 Å². The maximum atomic E-state index is 13.1. The third-order valence-corrected chi connectivity index (χ3v) is 10.7. The Kier molecular flexibility index (Phi) is 21.1. The summed E-state index contributed by atoms with van der Waals surface area (Å²) in [6.45, 7) is 15.9. The first-order chi connectivity index (χ1) is 30.4. The lowest BCUT2D eigenvalue weighted by Gasteiger charge is -2.37. The van der Waals surface area contributed by atoms with Crippen LogP contribution in [0.1, 0.15) is 79.4 Å². The molecule has 350 valence electrons. The fourth-order valence-electron chi connectivity index (χ4n) is 6.92. The van der Waals surface area contributed by atoms with E-state index in [4.69, 9.17) is 43.9 Å². The second kappa shape index (κ2) is 24.9. The first-order valence-corrected chi connectivity index (χ1v) is 21.8. The van der Waals surface area contributed by atoms with E-state index >= 15 is 0 Å². The number of halogens is 2. The number of rotatable bonds is 8. The number of nitrogens with zero attached hydrogens (tertiary/aromatic N) is 2. The van der Waals surface area contributed by atoms with Gasteiger partial charge in [0.15, 0.2) is 0 Å². The standard InChI is InChI=1S/C23H29BrN2O3.C17H23NO4.C6H6BrN.2CO2/c1-22(2,3)29-21(27)26-20-14-19(28-5)11-6-16(20)15-23(26,4)12-13-25-18-9-7-17(24)8-10-18;1-16(2,3)22-15(20)18-14-10-13(21-5)7-6-12(14)11-17(18,4)8-9-19;7-5-1-3-6(8)4-2-5;2*2-1-3/h6-11,14,25H,12-13,15H2,1-5H3;6-7,9-10H,8,11H2,1-5H3;1-4H,8H2;;. The summed E-state index contributed by atoms with van der Waals surface area (Å²) in [5, 5.41) is 3.46. The average molecular weight is 1030 g/mol. The Hall–Kier alpha value is -5.99. The molecule has 6 rings (SSSR count). The molecule has 0 fully saturated rings. The molecule has 2 heterocycles. The molecule has 2 atom stereocenters. The first kappa shape index (κ1) is 55.1. The lowest BCUT2D eigenvalue weighted by Crippen LogP contribution is -2.50. The molecule has 0 bridgehead atoms. The third-order valence-electron chi connectivity index (χ3n) is 9.67. The van der Waals surface area contributed by atoms with Gasteiger partial charge in [-0.3, -0.25) is 9.80 Å². The van der Waals surface area contributed by atoms with Crippen molar-refractivity contribution in [1.29, 1.82) is 0 Å². The van der Waals surface area contributed by atoms with Crippen molar-refractivity contribution in [2.24, 2.45) is 0 Å². The summed E-state index contributed by atoms with van der Waals surface area (Å²) in [4.78, 5) is 72.8. The van der Waals surface area contributed by atoms with Crippen molar-refractivity contribution in [3.05, 3.63) is 105 Å². The molecule has 4 aromatic rings. The number of fused-ring (bicyclic) bond motifs is 2. The van der Waals surface area contributed by atoms with Gasteiger partial charge in [0.2, 0.25) is 0 Å². The largest absolute Gasteiger partial charge is 0.497 e. The Bertz CT molecular complexity index is 2230. The lowest BCUT2D eigenvalue weighted by molar-refractivity contribution is -0.193. The van der Waals surface area contributed by atoms with E-state index in [1.54, 1.807) is 24.0 Å². The molecule has 2 aliphatic rings. The molecule has 2 unspecified atom stereocenters. The topological polar surface area (TPSA) is 201 Å². The number of hydrogen-bond acceptors (Lipinski definition) is 13. The zero-order chi connectivity index (χ0) is 49.2. The quantitative estimate of drug-likeness (QED) is 0.125. The van der Waals surface area contributed by atoms with Crippen molar-refractivity contribution < 1.29 is 52.5 Å². The highest BCUT2D eigenvalue weighted by Crippen LogP contribution is 2.44. The molecule has 17 heteroatoms. The number of amides is 2. The molecule has 0 saturated carbocycles. The number of nitrogen functional groups attached to an aromatic ring is 1. The van der Waals surface area contributed by atoms with E-state index in [1.807, 2.05) is 133 Å². The van der Waals surface area contributed by atoms with Crippen LogP contribution < -0.4 is 30.3 Å². The van der Waals surface area contributed by atoms with Crippen LogP contribution in [-0.4, -0.2) is 73.8 Å². The molecule has 3 N–H and O–H groups in total. The van der Waals surface area contributed by atoms with Crippen LogP contribution >= 0.6 is 31.9 Å². The smallest absolute Gasteiger partial charge is 0.415 e. The van der Waals surface area contributed by atoms with Gasteiger partial charge < -0.3 is 34.8 Å². The summed E-state index contributed by atoms with van der Waals surface area (Å²) in [7, 11) is 3.22. The average Bonchev–Trinajstić information content (AvgIpc) is 3.68. The van der Waals surface area contributed by atoms with Crippen LogP contribution in [0.4, 0.5) is 32.3 Å². The van der Waals surface area contributed by atoms with Gasteiger partial charge in [-0.1, -0.05) is 44.0 Å². The molecule has 0 radical (unpaired) electrons. The van der Waals surface area contributed by atoms with Gasteiger partial charge in [-0.05, 0) is 146 Å². The number of hydrogen-bond donors (Lipinski definition) is 2. The van der Waals surface area contributed by atoms with Crippen LogP contribution in [0, 0.1) is 0 Å². The van der Waals surface area contributed by atoms with Gasteiger partial charge in [-0.25, -0.2) is 9.59 Å². The third kappa shape index (κ3) is 17.2. The van der Waals surface area contributed by atoms with Gasteiger partial charge in [0.05, 0.1) is 36.7 Å². The summed E-state index contributed by atoms with van der Waals surface area (Å²) in [5.41, 5.74) is 8.85. The van der Waals surface area contributed by atoms with Crippen LogP contribution in [0.2, 0.25) is 0 Å². The molecule has 15 nitrogen and oxygen atoms in total.